The van der Waals surface area contributed by atoms with E-state index in [1.54, 1.807) is 58.9 Å². The van der Waals surface area contributed by atoms with E-state index in [2.05, 4.69) is 4.72 Å². The Kier molecular flexibility index (Phi) is 10.7. The van der Waals surface area contributed by atoms with Crippen LogP contribution >= 0.6 is 0 Å². The molecule has 0 radical (unpaired) electrons. The molecular formula is C26H36N2O7S2. The monoisotopic (exact) mass is 552 g/mol. The molecule has 0 spiro atoms. The normalized spacial score (nSPS) is 14.0. The summed E-state index contributed by atoms with van der Waals surface area (Å²) in [5.74, 6) is -1.12. The van der Waals surface area contributed by atoms with Gasteiger partial charge >= 0.3 is 5.97 Å². The van der Waals surface area contributed by atoms with Crippen molar-refractivity contribution >= 4 is 33.0 Å². The minimum absolute atomic E-state index is 0.0109. The number of sulfonamides is 1. The first-order valence-electron chi connectivity index (χ1n) is 11.9. The maximum atomic E-state index is 12.7. The molecule has 0 bridgehead atoms. The van der Waals surface area contributed by atoms with Gasteiger partial charge in [0.1, 0.15) is 12.1 Å². The van der Waals surface area contributed by atoms with Gasteiger partial charge in [-0.3, -0.25) is 14.1 Å². The third-order valence-electron chi connectivity index (χ3n) is 5.50. The van der Waals surface area contributed by atoms with E-state index >= 15 is 0 Å². The second-order valence-electron chi connectivity index (χ2n) is 10.1. The second kappa shape index (κ2) is 12.9. The average Bonchev–Trinajstić information content (AvgIpc) is 2.81. The number of nitrogens with one attached hydrogen (secondary N) is 1. The Balaban J connectivity index is 2.03. The lowest BCUT2D eigenvalue weighted by molar-refractivity contribution is -0.154. The maximum absolute atomic E-state index is 12.7. The van der Waals surface area contributed by atoms with Gasteiger partial charge in [-0.1, -0.05) is 55.5 Å². The standard InChI is InChI=1S/C26H36N2O7S2/c1-18(2)37(33,34)27-15-19(3)20-7-9-21(10-8-20)22-11-13-23(14-12-22)24(29)16-28(36(31)32)17-25(30)35-26(4,5)6/h7-14,18-19,27H,15-17H2,1-6H3,(H,31,32). The Morgan fingerprint density at radius 1 is 0.973 bits per heavy atom. The van der Waals surface area contributed by atoms with Crippen LogP contribution in [0, 0.1) is 0 Å². The minimum atomic E-state index is -3.32. The van der Waals surface area contributed by atoms with Crippen molar-refractivity contribution in [3.8, 4) is 11.1 Å². The van der Waals surface area contributed by atoms with Gasteiger partial charge in [-0.05, 0) is 57.2 Å². The van der Waals surface area contributed by atoms with Crippen LogP contribution in [0.25, 0.3) is 11.1 Å². The summed E-state index contributed by atoms with van der Waals surface area (Å²) < 4.78 is 53.8. The van der Waals surface area contributed by atoms with Crippen LogP contribution in [0.2, 0.25) is 0 Å². The molecule has 0 amide bonds. The van der Waals surface area contributed by atoms with E-state index in [4.69, 9.17) is 4.74 Å². The fourth-order valence-corrected chi connectivity index (χ4v) is 4.57. The van der Waals surface area contributed by atoms with Crippen LogP contribution < -0.4 is 4.72 Å². The van der Waals surface area contributed by atoms with Gasteiger partial charge in [-0.15, -0.1) is 0 Å². The molecule has 0 aromatic heterocycles. The first kappa shape index (κ1) is 30.8. The SMILES string of the molecule is CC(CNS(=O)(=O)C(C)C)c1ccc(-c2ccc(C(=O)CN(CC(=O)OC(C)(C)C)S(=O)O)cc2)cc1. The first-order chi connectivity index (χ1) is 17.1. The summed E-state index contributed by atoms with van der Waals surface area (Å²) in [5.41, 5.74) is 2.37. The van der Waals surface area contributed by atoms with Crippen molar-refractivity contribution in [2.75, 3.05) is 19.6 Å². The Labute approximate surface area is 222 Å². The number of Topliss-reactive ketones (excluding diaryl/α,β-unsaturated/α-hetero) is 1. The predicted octanol–water partition coefficient (Wildman–Crippen LogP) is 3.75. The first-order valence-corrected chi connectivity index (χ1v) is 14.5. The maximum Gasteiger partial charge on any atom is 0.321 e. The highest BCUT2D eigenvalue weighted by Crippen LogP contribution is 2.23. The van der Waals surface area contributed by atoms with Gasteiger partial charge in [0.2, 0.25) is 21.3 Å². The Hall–Kier alpha value is -2.44. The summed E-state index contributed by atoms with van der Waals surface area (Å²) in [7, 11) is -3.32. The van der Waals surface area contributed by atoms with Gasteiger partial charge in [-0.25, -0.2) is 17.3 Å². The molecule has 0 aliphatic heterocycles. The molecule has 0 saturated heterocycles. The molecular weight excluding hydrogens is 516 g/mol. The molecule has 2 unspecified atom stereocenters. The molecule has 2 atom stereocenters. The van der Waals surface area contributed by atoms with Gasteiger partial charge in [0.25, 0.3) is 0 Å². The summed E-state index contributed by atoms with van der Waals surface area (Å²) in [4.78, 5) is 24.7. The second-order valence-corrected chi connectivity index (χ2v) is 13.4. The van der Waals surface area contributed by atoms with Crippen molar-refractivity contribution in [2.24, 2.45) is 0 Å². The smallest absolute Gasteiger partial charge is 0.321 e. The Bertz CT molecular complexity index is 1200. The van der Waals surface area contributed by atoms with E-state index in [0.717, 1.165) is 21.0 Å². The van der Waals surface area contributed by atoms with Crippen molar-refractivity contribution in [2.45, 2.75) is 58.3 Å². The quantitative estimate of drug-likeness (QED) is 0.233. The lowest BCUT2D eigenvalue weighted by Gasteiger charge is -2.22. The van der Waals surface area contributed by atoms with E-state index in [-0.39, 0.29) is 5.92 Å². The van der Waals surface area contributed by atoms with Gasteiger partial charge in [0, 0.05) is 12.1 Å². The number of carbonyl (C=O) groups is 2. The van der Waals surface area contributed by atoms with Crippen molar-refractivity contribution < 1.29 is 31.5 Å². The van der Waals surface area contributed by atoms with Gasteiger partial charge in [0.05, 0.1) is 11.8 Å². The van der Waals surface area contributed by atoms with Crippen molar-refractivity contribution in [1.82, 2.24) is 9.03 Å². The van der Waals surface area contributed by atoms with E-state index in [9.17, 15) is 26.8 Å². The summed E-state index contributed by atoms with van der Waals surface area (Å²) in [5, 5.41) is -0.490. The van der Waals surface area contributed by atoms with E-state index < -0.39 is 57.0 Å². The average molecular weight is 553 g/mol. The zero-order chi connectivity index (χ0) is 28.0. The molecule has 11 heteroatoms. The molecule has 0 fully saturated rings. The number of hydrogen-bond donors (Lipinski definition) is 2. The highest BCUT2D eigenvalue weighted by molar-refractivity contribution is 7.90. The number of rotatable bonds is 12. The van der Waals surface area contributed by atoms with Crippen molar-refractivity contribution in [3.63, 3.8) is 0 Å². The van der Waals surface area contributed by atoms with Crippen LogP contribution in [0.1, 0.15) is 63.4 Å². The fourth-order valence-electron chi connectivity index (χ4n) is 3.31. The molecule has 9 nitrogen and oxygen atoms in total. The molecule has 2 aromatic rings. The predicted molar refractivity (Wildman–Crippen MR) is 145 cm³/mol. The van der Waals surface area contributed by atoms with Crippen LogP contribution in [0.4, 0.5) is 0 Å². The highest BCUT2D eigenvalue weighted by Gasteiger charge is 2.24. The summed E-state index contributed by atoms with van der Waals surface area (Å²) in [6, 6.07) is 14.5. The number of ether oxygens (including phenoxy) is 1. The Morgan fingerprint density at radius 2 is 1.49 bits per heavy atom. The molecule has 0 aliphatic rings. The molecule has 204 valence electrons. The lowest BCUT2D eigenvalue weighted by atomic mass is 9.97. The minimum Gasteiger partial charge on any atom is -0.459 e. The summed E-state index contributed by atoms with van der Waals surface area (Å²) in [6.07, 6.45) is 0. The van der Waals surface area contributed by atoms with Crippen LogP contribution in [0.3, 0.4) is 0 Å². The third-order valence-corrected chi connectivity index (χ3v) is 8.01. The lowest BCUT2D eigenvalue weighted by Crippen LogP contribution is -2.38. The third kappa shape index (κ3) is 9.75. The van der Waals surface area contributed by atoms with Crippen LogP contribution in [0.15, 0.2) is 48.5 Å². The number of carbonyl (C=O) groups excluding carboxylic acids is 2. The molecule has 0 aliphatic carbocycles. The van der Waals surface area contributed by atoms with E-state index in [1.165, 1.54) is 0 Å². The van der Waals surface area contributed by atoms with E-state index in [1.807, 2.05) is 31.2 Å². The molecule has 2 N–H and O–H groups in total. The van der Waals surface area contributed by atoms with Crippen LogP contribution in [-0.4, -0.2) is 63.7 Å². The van der Waals surface area contributed by atoms with E-state index in [0.29, 0.717) is 12.1 Å². The summed E-state index contributed by atoms with van der Waals surface area (Å²) >= 11 is -2.52. The van der Waals surface area contributed by atoms with Crippen LogP contribution in [0.5, 0.6) is 0 Å². The molecule has 0 heterocycles. The fraction of sp³-hybridized carbons (Fsp3) is 0.462. The van der Waals surface area contributed by atoms with Crippen LogP contribution in [-0.2, 0) is 30.8 Å². The number of benzene rings is 2. The zero-order valence-electron chi connectivity index (χ0n) is 22.1. The molecule has 2 rings (SSSR count). The number of nitrogens with zero attached hydrogens (tertiary/aromatic N) is 1. The Morgan fingerprint density at radius 3 is 1.95 bits per heavy atom. The van der Waals surface area contributed by atoms with Gasteiger partial charge < -0.3 is 4.74 Å². The van der Waals surface area contributed by atoms with Crippen molar-refractivity contribution in [1.29, 1.82) is 0 Å². The highest BCUT2D eigenvalue weighted by atomic mass is 32.2. The number of ketones is 1. The zero-order valence-corrected chi connectivity index (χ0v) is 23.7. The molecule has 0 saturated carbocycles. The van der Waals surface area contributed by atoms with Gasteiger partial charge in [-0.2, -0.15) is 4.31 Å². The molecule has 2 aromatic carbocycles. The molecule has 37 heavy (non-hydrogen) atoms. The number of hydrogen-bond acceptors (Lipinski definition) is 6. The summed E-state index contributed by atoms with van der Waals surface area (Å²) in [6.45, 7) is 9.66. The topological polar surface area (TPSA) is 130 Å². The number of esters is 1. The van der Waals surface area contributed by atoms with Crippen molar-refractivity contribution in [3.05, 3.63) is 59.7 Å². The van der Waals surface area contributed by atoms with Gasteiger partial charge in [0.15, 0.2) is 5.78 Å². The largest absolute Gasteiger partial charge is 0.459 e.